The number of carboxylic acids is 1. The Morgan fingerprint density at radius 3 is 2.15 bits per heavy atom. The summed E-state index contributed by atoms with van der Waals surface area (Å²) in [5.74, 6) is -1.31. The minimum absolute atomic E-state index is 0.114. The van der Waals surface area contributed by atoms with E-state index in [2.05, 4.69) is 0 Å². The monoisotopic (exact) mass is 381 g/mol. The van der Waals surface area contributed by atoms with Gasteiger partial charge in [0.25, 0.3) is 0 Å². The van der Waals surface area contributed by atoms with Crippen LogP contribution in [0, 0.1) is 5.41 Å². The van der Waals surface area contributed by atoms with Crippen LogP contribution in [0.15, 0.2) is 35.2 Å². The van der Waals surface area contributed by atoms with Gasteiger partial charge in [0, 0.05) is 38.6 Å². The van der Waals surface area contributed by atoms with Gasteiger partial charge in [0.1, 0.15) is 0 Å². The number of rotatable bonds is 7. The molecular formula is C18H25N2O5S-. The van der Waals surface area contributed by atoms with Gasteiger partial charge in [0.2, 0.25) is 15.9 Å². The molecule has 8 heteroatoms. The summed E-state index contributed by atoms with van der Waals surface area (Å²) in [5, 5.41) is 10.9. The third-order valence-electron chi connectivity index (χ3n) is 4.97. The summed E-state index contributed by atoms with van der Waals surface area (Å²) in [4.78, 5) is 25.3. The van der Waals surface area contributed by atoms with Crippen LogP contribution in [0.5, 0.6) is 0 Å². The van der Waals surface area contributed by atoms with Crippen LogP contribution in [0.3, 0.4) is 0 Å². The Balaban J connectivity index is 1.97. The van der Waals surface area contributed by atoms with Crippen molar-refractivity contribution in [3.8, 4) is 0 Å². The molecule has 1 aliphatic heterocycles. The van der Waals surface area contributed by atoms with E-state index >= 15 is 0 Å². The molecule has 1 aromatic rings. The predicted octanol–water partition coefficient (Wildman–Crippen LogP) is 0.466. The number of benzene rings is 1. The van der Waals surface area contributed by atoms with E-state index in [4.69, 9.17) is 0 Å². The number of hydrogen-bond acceptors (Lipinski definition) is 5. The van der Waals surface area contributed by atoms with E-state index < -0.39 is 21.4 Å². The minimum Gasteiger partial charge on any atom is -0.550 e. The molecule has 1 fully saturated rings. The molecule has 1 atom stereocenters. The number of amides is 1. The molecular weight excluding hydrogens is 356 g/mol. The summed E-state index contributed by atoms with van der Waals surface area (Å²) in [6.07, 6.45) is 0.496. The van der Waals surface area contributed by atoms with E-state index in [0.29, 0.717) is 19.5 Å². The predicted molar refractivity (Wildman–Crippen MR) is 94.4 cm³/mol. The average molecular weight is 381 g/mol. The first-order valence-corrected chi connectivity index (χ1v) is 10.1. The number of carbonyl (C=O) groups is 2. The van der Waals surface area contributed by atoms with Crippen molar-refractivity contribution < 1.29 is 23.1 Å². The Labute approximate surface area is 154 Å². The fourth-order valence-electron chi connectivity index (χ4n) is 3.06. The van der Waals surface area contributed by atoms with Crippen molar-refractivity contribution in [3.05, 3.63) is 30.3 Å². The molecule has 0 unspecified atom stereocenters. The summed E-state index contributed by atoms with van der Waals surface area (Å²) < 4.78 is 26.6. The Bertz CT molecular complexity index is 742. The second-order valence-electron chi connectivity index (χ2n) is 6.99. The van der Waals surface area contributed by atoms with Crippen LogP contribution in [0.25, 0.3) is 0 Å². The molecule has 7 nitrogen and oxygen atoms in total. The minimum atomic E-state index is -3.56. The van der Waals surface area contributed by atoms with Gasteiger partial charge >= 0.3 is 0 Å². The third kappa shape index (κ3) is 4.82. The van der Waals surface area contributed by atoms with Crippen LogP contribution >= 0.6 is 0 Å². The first kappa shape index (κ1) is 20.4. The molecule has 1 aliphatic rings. The van der Waals surface area contributed by atoms with E-state index in [1.54, 1.807) is 42.2 Å². The van der Waals surface area contributed by atoms with Crippen molar-refractivity contribution in [1.29, 1.82) is 0 Å². The zero-order valence-corrected chi connectivity index (χ0v) is 16.0. The number of hydrogen-bond donors (Lipinski definition) is 0. The van der Waals surface area contributed by atoms with Gasteiger partial charge in [-0.15, -0.1) is 0 Å². The van der Waals surface area contributed by atoms with Gasteiger partial charge in [-0.25, -0.2) is 8.42 Å². The standard InChI is InChI=1S/C18H26N2O5S/c1-3-18(2,14-17(22)23)13-16(21)19-9-11-20(12-10-19)26(24,25)15-7-5-4-6-8-15/h4-8H,3,9-14H2,1-2H3,(H,22,23)/p-1/t18-/m0/s1. The number of sulfonamides is 1. The van der Waals surface area contributed by atoms with Crippen LogP contribution in [-0.4, -0.2) is 55.7 Å². The van der Waals surface area contributed by atoms with Crippen molar-refractivity contribution >= 4 is 21.9 Å². The zero-order valence-electron chi connectivity index (χ0n) is 15.2. The van der Waals surface area contributed by atoms with E-state index in [1.165, 1.54) is 4.31 Å². The first-order chi connectivity index (χ1) is 12.2. The second-order valence-corrected chi connectivity index (χ2v) is 8.93. The van der Waals surface area contributed by atoms with Gasteiger partial charge in [-0.05, 0) is 30.4 Å². The lowest BCUT2D eigenvalue weighted by Crippen LogP contribution is -2.51. The second kappa shape index (κ2) is 8.18. The quantitative estimate of drug-likeness (QED) is 0.684. The molecule has 2 rings (SSSR count). The highest BCUT2D eigenvalue weighted by Gasteiger charge is 2.33. The maximum atomic E-state index is 12.6. The largest absolute Gasteiger partial charge is 0.550 e. The van der Waals surface area contributed by atoms with Crippen molar-refractivity contribution in [2.45, 2.75) is 38.0 Å². The number of aliphatic carboxylic acids is 1. The number of nitrogens with zero attached hydrogens (tertiary/aromatic N) is 2. The van der Waals surface area contributed by atoms with Crippen LogP contribution in [0.1, 0.15) is 33.1 Å². The van der Waals surface area contributed by atoms with Gasteiger partial charge in [0.15, 0.2) is 0 Å². The lowest BCUT2D eigenvalue weighted by Gasteiger charge is -2.36. The molecule has 0 N–H and O–H groups in total. The summed E-state index contributed by atoms with van der Waals surface area (Å²) in [7, 11) is -3.56. The van der Waals surface area contributed by atoms with Crippen molar-refractivity contribution in [1.82, 2.24) is 9.21 Å². The van der Waals surface area contributed by atoms with Crippen LogP contribution in [-0.2, 0) is 19.6 Å². The maximum Gasteiger partial charge on any atom is 0.243 e. The fraction of sp³-hybridized carbons (Fsp3) is 0.556. The van der Waals surface area contributed by atoms with Gasteiger partial charge in [-0.1, -0.05) is 32.0 Å². The SMILES string of the molecule is CC[C@](C)(CC(=O)[O-])CC(=O)N1CCN(S(=O)(=O)c2ccccc2)CC1. The highest BCUT2D eigenvalue weighted by Crippen LogP contribution is 2.30. The average Bonchev–Trinajstić information content (AvgIpc) is 2.62. The van der Waals surface area contributed by atoms with Gasteiger partial charge in [-0.3, -0.25) is 4.79 Å². The third-order valence-corrected chi connectivity index (χ3v) is 6.89. The summed E-state index contributed by atoms with van der Waals surface area (Å²) in [6.45, 7) is 4.67. The molecule has 26 heavy (non-hydrogen) atoms. The van der Waals surface area contributed by atoms with E-state index in [1.807, 2.05) is 6.92 Å². The van der Waals surface area contributed by atoms with Gasteiger partial charge < -0.3 is 14.8 Å². The smallest absolute Gasteiger partial charge is 0.243 e. The molecule has 1 heterocycles. The molecule has 144 valence electrons. The zero-order chi connectivity index (χ0) is 19.4. The molecule has 0 aliphatic carbocycles. The Hall–Kier alpha value is -1.93. The van der Waals surface area contributed by atoms with Crippen LogP contribution < -0.4 is 5.11 Å². The Morgan fingerprint density at radius 1 is 1.08 bits per heavy atom. The van der Waals surface area contributed by atoms with E-state index in [0.717, 1.165) is 0 Å². The topological polar surface area (TPSA) is 97.8 Å². The summed E-state index contributed by atoms with van der Waals surface area (Å²) in [5.41, 5.74) is -0.650. The molecule has 0 bridgehead atoms. The Morgan fingerprint density at radius 2 is 1.65 bits per heavy atom. The van der Waals surface area contributed by atoms with E-state index in [9.17, 15) is 23.1 Å². The summed E-state index contributed by atoms with van der Waals surface area (Å²) >= 11 is 0. The Kier molecular flexibility index (Phi) is 6.41. The molecule has 0 aromatic heterocycles. The van der Waals surface area contributed by atoms with Crippen LogP contribution in [0.4, 0.5) is 0 Å². The molecule has 0 radical (unpaired) electrons. The first-order valence-electron chi connectivity index (χ1n) is 8.71. The number of piperazine rings is 1. The fourth-order valence-corrected chi connectivity index (χ4v) is 4.50. The van der Waals surface area contributed by atoms with Gasteiger partial charge in [-0.2, -0.15) is 4.31 Å². The number of carboxylic acid groups (broad SMARTS) is 1. The normalized spacial score (nSPS) is 18.3. The lowest BCUT2D eigenvalue weighted by atomic mass is 9.80. The highest BCUT2D eigenvalue weighted by atomic mass is 32.2. The molecule has 0 spiro atoms. The number of carbonyl (C=O) groups excluding carboxylic acids is 2. The molecule has 0 saturated carbocycles. The molecule has 1 aromatic carbocycles. The van der Waals surface area contributed by atoms with Gasteiger partial charge in [0.05, 0.1) is 4.90 Å². The van der Waals surface area contributed by atoms with Crippen molar-refractivity contribution in [3.63, 3.8) is 0 Å². The van der Waals surface area contributed by atoms with E-state index in [-0.39, 0.29) is 36.7 Å². The maximum absolute atomic E-state index is 12.6. The summed E-state index contributed by atoms with van der Waals surface area (Å²) in [6, 6.07) is 8.22. The highest BCUT2D eigenvalue weighted by molar-refractivity contribution is 7.89. The van der Waals surface area contributed by atoms with Crippen molar-refractivity contribution in [2.75, 3.05) is 26.2 Å². The molecule has 1 saturated heterocycles. The molecule has 1 amide bonds. The van der Waals surface area contributed by atoms with Crippen LogP contribution in [0.2, 0.25) is 0 Å². The van der Waals surface area contributed by atoms with Crippen molar-refractivity contribution in [2.24, 2.45) is 5.41 Å². The lowest BCUT2D eigenvalue weighted by molar-refractivity contribution is -0.308.